The fourth-order valence-electron chi connectivity index (χ4n) is 1.68. The van der Waals surface area contributed by atoms with Gasteiger partial charge in [-0.3, -0.25) is 4.79 Å². The van der Waals surface area contributed by atoms with E-state index in [2.05, 4.69) is 11.9 Å². The fourth-order valence-corrected chi connectivity index (χ4v) is 1.90. The molecule has 0 fully saturated rings. The number of nitrogens with zero attached hydrogens (tertiary/aromatic N) is 2. The van der Waals surface area contributed by atoms with Crippen LogP contribution in [0.5, 0.6) is 0 Å². The van der Waals surface area contributed by atoms with Gasteiger partial charge in [0.25, 0.3) is 5.91 Å². The molecular weight excluding hydrogens is 238 g/mol. The van der Waals surface area contributed by atoms with E-state index >= 15 is 0 Å². The van der Waals surface area contributed by atoms with Crippen LogP contribution >= 0.6 is 11.6 Å². The first-order valence-corrected chi connectivity index (χ1v) is 6.11. The van der Waals surface area contributed by atoms with Gasteiger partial charge < -0.3 is 10.6 Å². The Morgan fingerprint density at radius 3 is 2.65 bits per heavy atom. The van der Waals surface area contributed by atoms with E-state index in [1.165, 1.54) is 0 Å². The molecule has 1 amide bonds. The second-order valence-corrected chi connectivity index (χ2v) is 4.34. The summed E-state index contributed by atoms with van der Waals surface area (Å²) in [5.41, 5.74) is 6.07. The number of carbonyl (C=O) groups excluding carboxylic acids is 1. The van der Waals surface area contributed by atoms with Crippen molar-refractivity contribution in [3.05, 3.63) is 22.8 Å². The molecule has 1 heterocycles. The molecule has 1 atom stereocenters. The molecular formula is C12H18ClN3O. The molecule has 17 heavy (non-hydrogen) atoms. The van der Waals surface area contributed by atoms with Crippen molar-refractivity contribution in [3.8, 4) is 0 Å². The lowest BCUT2D eigenvalue weighted by Gasteiger charge is -2.27. The van der Waals surface area contributed by atoms with Gasteiger partial charge in [0.05, 0.1) is 0 Å². The van der Waals surface area contributed by atoms with Crippen molar-refractivity contribution in [1.29, 1.82) is 0 Å². The fraction of sp³-hybridized carbons (Fsp3) is 0.500. The van der Waals surface area contributed by atoms with Gasteiger partial charge in [-0.15, -0.1) is 0 Å². The summed E-state index contributed by atoms with van der Waals surface area (Å²) in [6, 6.07) is 3.30. The SMILES string of the molecule is CCC(C)N(CC)C(=O)c1cc(N)nc(Cl)c1. The van der Waals surface area contributed by atoms with Crippen LogP contribution in [0.2, 0.25) is 5.15 Å². The van der Waals surface area contributed by atoms with Gasteiger partial charge in [-0.1, -0.05) is 18.5 Å². The molecule has 0 aliphatic heterocycles. The number of nitrogen functional groups attached to an aromatic ring is 1. The summed E-state index contributed by atoms with van der Waals surface area (Å²) in [6.45, 7) is 6.69. The van der Waals surface area contributed by atoms with E-state index in [1.807, 2.05) is 13.8 Å². The molecule has 2 N–H and O–H groups in total. The summed E-state index contributed by atoms with van der Waals surface area (Å²) in [5, 5.41) is 0.244. The highest BCUT2D eigenvalue weighted by Crippen LogP contribution is 2.16. The first kappa shape index (κ1) is 13.8. The Kier molecular flexibility index (Phi) is 4.75. The number of hydrogen-bond acceptors (Lipinski definition) is 3. The zero-order chi connectivity index (χ0) is 13.0. The second kappa shape index (κ2) is 5.87. The number of pyridine rings is 1. The number of hydrogen-bond donors (Lipinski definition) is 1. The summed E-state index contributed by atoms with van der Waals surface area (Å²) >= 11 is 5.79. The number of aromatic nitrogens is 1. The zero-order valence-corrected chi connectivity index (χ0v) is 11.2. The van der Waals surface area contributed by atoms with E-state index in [0.717, 1.165) is 6.42 Å². The van der Waals surface area contributed by atoms with Gasteiger partial charge in [0.1, 0.15) is 11.0 Å². The molecule has 1 aromatic rings. The highest BCUT2D eigenvalue weighted by Gasteiger charge is 2.19. The predicted molar refractivity (Wildman–Crippen MR) is 70.1 cm³/mol. The summed E-state index contributed by atoms with van der Waals surface area (Å²) in [4.78, 5) is 17.9. The lowest BCUT2D eigenvalue weighted by molar-refractivity contribution is 0.0700. The van der Waals surface area contributed by atoms with Crippen LogP contribution in [-0.2, 0) is 0 Å². The number of carbonyl (C=O) groups is 1. The van der Waals surface area contributed by atoms with Crippen molar-refractivity contribution in [1.82, 2.24) is 9.88 Å². The first-order valence-electron chi connectivity index (χ1n) is 5.73. The summed E-state index contributed by atoms with van der Waals surface area (Å²) < 4.78 is 0. The molecule has 1 rings (SSSR count). The van der Waals surface area contributed by atoms with Gasteiger partial charge >= 0.3 is 0 Å². The lowest BCUT2D eigenvalue weighted by atomic mass is 10.1. The molecule has 0 aliphatic rings. The maximum atomic E-state index is 12.3. The quantitative estimate of drug-likeness (QED) is 0.842. The Labute approximate surface area is 107 Å². The summed E-state index contributed by atoms with van der Waals surface area (Å²) in [7, 11) is 0. The Morgan fingerprint density at radius 1 is 1.53 bits per heavy atom. The van der Waals surface area contributed by atoms with E-state index in [1.54, 1.807) is 17.0 Å². The van der Waals surface area contributed by atoms with Crippen LogP contribution in [0.3, 0.4) is 0 Å². The topological polar surface area (TPSA) is 59.2 Å². The van der Waals surface area contributed by atoms with Crippen LogP contribution < -0.4 is 5.73 Å². The van der Waals surface area contributed by atoms with Crippen molar-refractivity contribution >= 4 is 23.3 Å². The normalized spacial score (nSPS) is 12.2. The minimum Gasteiger partial charge on any atom is -0.384 e. The molecule has 0 aromatic carbocycles. The van der Waals surface area contributed by atoms with E-state index in [-0.39, 0.29) is 22.9 Å². The molecule has 4 nitrogen and oxygen atoms in total. The number of amides is 1. The van der Waals surface area contributed by atoms with Crippen LogP contribution in [0.15, 0.2) is 12.1 Å². The third-order valence-corrected chi connectivity index (χ3v) is 2.98. The van der Waals surface area contributed by atoms with Gasteiger partial charge in [-0.05, 0) is 32.4 Å². The molecule has 1 unspecified atom stereocenters. The monoisotopic (exact) mass is 255 g/mol. The average Bonchev–Trinajstić information content (AvgIpc) is 2.28. The van der Waals surface area contributed by atoms with Gasteiger partial charge in [0.2, 0.25) is 0 Å². The Balaban J connectivity index is 3.01. The van der Waals surface area contributed by atoms with E-state index in [0.29, 0.717) is 12.1 Å². The van der Waals surface area contributed by atoms with Crippen molar-refractivity contribution in [2.45, 2.75) is 33.2 Å². The molecule has 0 saturated carbocycles. The molecule has 0 saturated heterocycles. The molecule has 0 radical (unpaired) electrons. The number of halogens is 1. The largest absolute Gasteiger partial charge is 0.384 e. The molecule has 0 aliphatic carbocycles. The Morgan fingerprint density at radius 2 is 2.18 bits per heavy atom. The predicted octanol–water partition coefficient (Wildman–Crippen LogP) is 2.58. The molecule has 94 valence electrons. The average molecular weight is 256 g/mol. The maximum absolute atomic E-state index is 12.3. The standard InChI is InChI=1S/C12H18ClN3O/c1-4-8(3)16(5-2)12(17)9-6-10(13)15-11(14)7-9/h6-8H,4-5H2,1-3H3,(H2,14,15). The number of anilines is 1. The third-order valence-electron chi connectivity index (χ3n) is 2.79. The van der Waals surface area contributed by atoms with Crippen molar-refractivity contribution in [2.75, 3.05) is 12.3 Å². The molecule has 5 heteroatoms. The second-order valence-electron chi connectivity index (χ2n) is 3.95. The van der Waals surface area contributed by atoms with Crippen LogP contribution in [-0.4, -0.2) is 28.4 Å². The summed E-state index contributed by atoms with van der Waals surface area (Å²) in [5.74, 6) is 0.207. The summed E-state index contributed by atoms with van der Waals surface area (Å²) in [6.07, 6.45) is 0.911. The maximum Gasteiger partial charge on any atom is 0.254 e. The van der Waals surface area contributed by atoms with Crippen LogP contribution in [0.1, 0.15) is 37.6 Å². The lowest BCUT2D eigenvalue weighted by Crippen LogP contribution is -2.38. The Hall–Kier alpha value is -1.29. The van der Waals surface area contributed by atoms with Crippen LogP contribution in [0.4, 0.5) is 5.82 Å². The van der Waals surface area contributed by atoms with Crippen LogP contribution in [0, 0.1) is 0 Å². The van der Waals surface area contributed by atoms with Crippen molar-refractivity contribution < 1.29 is 4.79 Å². The first-order chi connectivity index (χ1) is 7.99. The molecule has 0 bridgehead atoms. The number of rotatable bonds is 4. The van der Waals surface area contributed by atoms with Gasteiger partial charge in [-0.2, -0.15) is 0 Å². The molecule has 1 aromatic heterocycles. The van der Waals surface area contributed by atoms with Gasteiger partial charge in [-0.25, -0.2) is 4.98 Å². The minimum absolute atomic E-state index is 0.0575. The van der Waals surface area contributed by atoms with Crippen molar-refractivity contribution in [2.24, 2.45) is 0 Å². The smallest absolute Gasteiger partial charge is 0.254 e. The van der Waals surface area contributed by atoms with E-state index < -0.39 is 0 Å². The number of nitrogens with two attached hydrogens (primary N) is 1. The van der Waals surface area contributed by atoms with E-state index in [9.17, 15) is 4.79 Å². The zero-order valence-electron chi connectivity index (χ0n) is 10.4. The van der Waals surface area contributed by atoms with Crippen LogP contribution in [0.25, 0.3) is 0 Å². The van der Waals surface area contributed by atoms with Crippen molar-refractivity contribution in [3.63, 3.8) is 0 Å². The Bertz CT molecular complexity index is 388. The highest BCUT2D eigenvalue weighted by atomic mass is 35.5. The van der Waals surface area contributed by atoms with Gasteiger partial charge in [0, 0.05) is 18.2 Å². The van der Waals surface area contributed by atoms with Gasteiger partial charge in [0.15, 0.2) is 0 Å². The third kappa shape index (κ3) is 3.33. The van der Waals surface area contributed by atoms with E-state index in [4.69, 9.17) is 17.3 Å². The minimum atomic E-state index is -0.0575. The molecule has 0 spiro atoms. The highest BCUT2D eigenvalue weighted by molar-refractivity contribution is 6.29.